The molecule has 0 fully saturated rings. The second kappa shape index (κ2) is 4.26. The molecule has 1 unspecified atom stereocenters. The van der Waals surface area contributed by atoms with Gasteiger partial charge in [0, 0.05) is 18.8 Å². The van der Waals surface area contributed by atoms with Crippen LogP contribution in [-0.2, 0) is 11.2 Å². The Bertz CT molecular complexity index is 568. The van der Waals surface area contributed by atoms with E-state index in [1.807, 2.05) is 0 Å². The largest absolute Gasteiger partial charge is 0.480 e. The summed E-state index contributed by atoms with van der Waals surface area (Å²) < 4.78 is 4.94. The van der Waals surface area contributed by atoms with Crippen LogP contribution >= 0.6 is 0 Å². The van der Waals surface area contributed by atoms with E-state index in [4.69, 9.17) is 15.4 Å². The Labute approximate surface area is 94.4 Å². The van der Waals surface area contributed by atoms with Crippen LogP contribution < -0.4 is 11.3 Å². The van der Waals surface area contributed by atoms with Gasteiger partial charge in [0.15, 0.2) is 5.82 Å². The Morgan fingerprint density at radius 3 is 3.00 bits per heavy atom. The van der Waals surface area contributed by atoms with E-state index in [2.05, 4.69) is 15.1 Å². The molecule has 0 amide bonds. The lowest BCUT2D eigenvalue weighted by atomic mass is 10.1. The van der Waals surface area contributed by atoms with Gasteiger partial charge < -0.3 is 20.3 Å². The first kappa shape index (κ1) is 11.1. The van der Waals surface area contributed by atoms with Gasteiger partial charge in [-0.05, 0) is 0 Å². The molecule has 8 nitrogen and oxygen atoms in total. The number of imidazole rings is 1. The molecular formula is C9H10N4O4. The van der Waals surface area contributed by atoms with Crippen molar-refractivity contribution in [2.75, 3.05) is 0 Å². The van der Waals surface area contributed by atoms with Crippen LogP contribution in [0.25, 0.3) is 11.6 Å². The van der Waals surface area contributed by atoms with Crippen molar-refractivity contribution < 1.29 is 14.4 Å². The average molecular weight is 238 g/mol. The number of nitrogens with zero attached hydrogens (tertiary/aromatic N) is 1. The normalized spacial score (nSPS) is 12.5. The number of hydrogen-bond acceptors (Lipinski definition) is 5. The van der Waals surface area contributed by atoms with E-state index in [1.165, 1.54) is 6.20 Å². The van der Waals surface area contributed by atoms with Crippen molar-refractivity contribution in [2.45, 2.75) is 12.5 Å². The standard InChI is InChI=1S/C9H10N4O4/c10-5(9(15)16)3-4-6(17-13-8(4)14)7-11-1-2-12-7/h1-2,5H,3,10H2,(H,11,12)(H,13,14)(H,15,16). The maximum atomic E-state index is 11.5. The second-order valence-electron chi connectivity index (χ2n) is 3.43. The molecule has 0 aliphatic heterocycles. The molecule has 0 spiro atoms. The van der Waals surface area contributed by atoms with Gasteiger partial charge >= 0.3 is 5.97 Å². The molecule has 0 saturated heterocycles. The summed E-state index contributed by atoms with van der Waals surface area (Å²) in [6.45, 7) is 0. The van der Waals surface area contributed by atoms with Crippen LogP contribution in [0.3, 0.4) is 0 Å². The van der Waals surface area contributed by atoms with Crippen molar-refractivity contribution >= 4 is 5.97 Å². The maximum absolute atomic E-state index is 11.5. The summed E-state index contributed by atoms with van der Waals surface area (Å²) in [4.78, 5) is 28.8. The lowest BCUT2D eigenvalue weighted by molar-refractivity contribution is -0.138. The van der Waals surface area contributed by atoms with Crippen LogP contribution in [0.5, 0.6) is 0 Å². The van der Waals surface area contributed by atoms with E-state index in [0.29, 0.717) is 5.82 Å². The highest BCUT2D eigenvalue weighted by Crippen LogP contribution is 2.17. The SMILES string of the molecule is NC(Cc1c(-c2ncc[nH]2)o[nH]c1=O)C(=O)O. The number of aliphatic carboxylic acids is 1. The number of hydrogen-bond donors (Lipinski definition) is 4. The van der Waals surface area contributed by atoms with Crippen molar-refractivity contribution in [1.29, 1.82) is 0 Å². The molecule has 2 heterocycles. The Morgan fingerprint density at radius 1 is 1.65 bits per heavy atom. The fraction of sp³-hybridized carbons (Fsp3) is 0.222. The van der Waals surface area contributed by atoms with Crippen molar-refractivity contribution in [1.82, 2.24) is 15.1 Å². The highest BCUT2D eigenvalue weighted by Gasteiger charge is 2.22. The monoisotopic (exact) mass is 238 g/mol. The molecular weight excluding hydrogens is 228 g/mol. The predicted molar refractivity (Wildman–Crippen MR) is 56.2 cm³/mol. The van der Waals surface area contributed by atoms with Gasteiger partial charge in [-0.3, -0.25) is 9.59 Å². The number of rotatable bonds is 4. The average Bonchev–Trinajstić information content (AvgIpc) is 2.89. The number of nitrogens with one attached hydrogen (secondary N) is 2. The van der Waals surface area contributed by atoms with Crippen molar-refractivity contribution in [2.24, 2.45) is 5.73 Å². The van der Waals surface area contributed by atoms with Gasteiger partial charge in [0.1, 0.15) is 6.04 Å². The molecule has 0 saturated carbocycles. The van der Waals surface area contributed by atoms with E-state index in [0.717, 1.165) is 0 Å². The van der Waals surface area contributed by atoms with Gasteiger partial charge in [0.2, 0.25) is 5.76 Å². The summed E-state index contributed by atoms with van der Waals surface area (Å²) in [5, 5.41) is 10.8. The summed E-state index contributed by atoms with van der Waals surface area (Å²) >= 11 is 0. The lowest BCUT2D eigenvalue weighted by Gasteiger charge is -2.03. The van der Waals surface area contributed by atoms with Gasteiger partial charge in [0.05, 0.1) is 5.56 Å². The van der Waals surface area contributed by atoms with E-state index in [1.54, 1.807) is 6.20 Å². The zero-order valence-corrected chi connectivity index (χ0v) is 8.64. The van der Waals surface area contributed by atoms with E-state index in [-0.39, 0.29) is 17.7 Å². The van der Waals surface area contributed by atoms with Crippen molar-refractivity contribution in [3.05, 3.63) is 28.3 Å². The minimum absolute atomic E-state index is 0.128. The summed E-state index contributed by atoms with van der Waals surface area (Å²) in [6.07, 6.45) is 2.92. The molecule has 17 heavy (non-hydrogen) atoms. The number of aromatic amines is 2. The number of nitrogens with two attached hydrogens (primary N) is 1. The number of carboxylic acids is 1. The minimum atomic E-state index is -1.18. The first-order chi connectivity index (χ1) is 8.09. The zero-order valence-electron chi connectivity index (χ0n) is 8.64. The predicted octanol–water partition coefficient (Wildman–Crippen LogP) is -0.688. The van der Waals surface area contributed by atoms with Crippen LogP contribution in [0, 0.1) is 0 Å². The molecule has 0 aromatic carbocycles. The third kappa shape index (κ3) is 2.11. The number of carboxylic acid groups (broad SMARTS) is 1. The summed E-state index contributed by atoms with van der Waals surface area (Å²) in [6, 6.07) is -1.16. The van der Waals surface area contributed by atoms with E-state index >= 15 is 0 Å². The first-order valence-corrected chi connectivity index (χ1v) is 4.78. The summed E-state index contributed by atoms with van der Waals surface area (Å²) in [5.41, 5.74) is 5.03. The van der Waals surface area contributed by atoms with E-state index < -0.39 is 17.6 Å². The Kier molecular flexibility index (Phi) is 2.79. The molecule has 0 bridgehead atoms. The van der Waals surface area contributed by atoms with Crippen LogP contribution in [-0.4, -0.2) is 32.2 Å². The van der Waals surface area contributed by atoms with Crippen LogP contribution in [0.2, 0.25) is 0 Å². The molecule has 2 rings (SSSR count). The lowest BCUT2D eigenvalue weighted by Crippen LogP contribution is -2.33. The van der Waals surface area contributed by atoms with Gasteiger partial charge in [-0.1, -0.05) is 0 Å². The number of H-pyrrole nitrogens is 2. The Morgan fingerprint density at radius 2 is 2.41 bits per heavy atom. The van der Waals surface area contributed by atoms with Crippen molar-refractivity contribution in [3.63, 3.8) is 0 Å². The van der Waals surface area contributed by atoms with Gasteiger partial charge in [-0.25, -0.2) is 4.98 Å². The minimum Gasteiger partial charge on any atom is -0.480 e. The Balaban J connectivity index is 2.37. The van der Waals surface area contributed by atoms with E-state index in [9.17, 15) is 9.59 Å². The van der Waals surface area contributed by atoms with Gasteiger partial charge in [-0.15, -0.1) is 0 Å². The third-order valence-electron chi connectivity index (χ3n) is 2.25. The molecule has 2 aromatic rings. The molecule has 0 radical (unpaired) electrons. The zero-order chi connectivity index (χ0) is 12.4. The van der Waals surface area contributed by atoms with Gasteiger partial charge in [0.25, 0.3) is 5.56 Å². The first-order valence-electron chi connectivity index (χ1n) is 4.78. The summed E-state index contributed by atoms with van der Waals surface area (Å²) in [5.74, 6) is -0.663. The molecule has 0 aliphatic rings. The fourth-order valence-corrected chi connectivity index (χ4v) is 1.40. The van der Waals surface area contributed by atoms with Crippen LogP contribution in [0.15, 0.2) is 21.7 Å². The molecule has 8 heteroatoms. The fourth-order valence-electron chi connectivity index (χ4n) is 1.40. The Hall–Kier alpha value is -2.35. The summed E-state index contributed by atoms with van der Waals surface area (Å²) in [7, 11) is 0. The molecule has 1 atom stereocenters. The molecule has 2 aromatic heterocycles. The maximum Gasteiger partial charge on any atom is 0.320 e. The van der Waals surface area contributed by atoms with Crippen LogP contribution in [0.4, 0.5) is 0 Å². The number of carbonyl (C=O) groups is 1. The number of aromatic nitrogens is 3. The second-order valence-corrected chi connectivity index (χ2v) is 3.43. The highest BCUT2D eigenvalue weighted by atomic mass is 16.5. The van der Waals surface area contributed by atoms with Gasteiger partial charge in [-0.2, -0.15) is 5.16 Å². The van der Waals surface area contributed by atoms with Crippen LogP contribution in [0.1, 0.15) is 5.56 Å². The third-order valence-corrected chi connectivity index (χ3v) is 2.25. The molecule has 90 valence electrons. The van der Waals surface area contributed by atoms with Crippen molar-refractivity contribution in [3.8, 4) is 11.6 Å². The smallest absolute Gasteiger partial charge is 0.320 e. The molecule has 0 aliphatic carbocycles. The quantitative estimate of drug-likeness (QED) is 0.556. The topological polar surface area (TPSA) is 138 Å². The highest BCUT2D eigenvalue weighted by molar-refractivity contribution is 5.74. The molecule has 5 N–H and O–H groups in total.